The number of benzene rings is 1. The molecule has 1 aromatic heterocycles. The monoisotopic (exact) mass is 335 g/mol. The molecule has 0 unspecified atom stereocenters. The largest absolute Gasteiger partial charge is 0.296 e. The summed E-state index contributed by atoms with van der Waals surface area (Å²) in [6, 6.07) is 3.30. The third kappa shape index (κ3) is 2.91. The minimum atomic E-state index is -4.21. The van der Waals surface area contributed by atoms with E-state index in [4.69, 9.17) is 10.7 Å². The first-order valence-electron chi connectivity index (χ1n) is 5.88. The summed E-state index contributed by atoms with van der Waals surface area (Å²) in [7, 11) is 1.10. The highest BCUT2D eigenvalue weighted by Gasteiger charge is 2.32. The maximum Gasteiger partial charge on any atom is 0.296 e. The van der Waals surface area contributed by atoms with Gasteiger partial charge in [0.15, 0.2) is 5.82 Å². The lowest BCUT2D eigenvalue weighted by Gasteiger charge is -2.24. The second-order valence-corrected chi connectivity index (χ2v) is 7.81. The topological polar surface area (TPSA) is 64.8 Å². The summed E-state index contributed by atoms with van der Waals surface area (Å²) in [5.74, 6) is -1.98. The molecule has 2 rings (SSSR count). The minimum absolute atomic E-state index is 0.239. The van der Waals surface area contributed by atoms with E-state index < -0.39 is 36.9 Å². The van der Waals surface area contributed by atoms with Gasteiger partial charge in [-0.05, 0) is 32.9 Å². The number of aromatic nitrogens is 3. The molecule has 0 atom stereocenters. The van der Waals surface area contributed by atoms with Crippen LogP contribution in [-0.4, -0.2) is 23.2 Å². The molecule has 0 aliphatic carbocycles. The molecule has 9 heteroatoms. The standard InChI is InChI=1S/C12H12ClF2N3O2S/c1-12(2,3)18-10(16-17-11(18)21(13,19)20)9-7(14)5-4-6-8(9)15/h4-6H,1-3H3. The summed E-state index contributed by atoms with van der Waals surface area (Å²) in [5, 5.41) is 6.52. The zero-order valence-electron chi connectivity index (χ0n) is 11.4. The third-order valence-electron chi connectivity index (χ3n) is 2.71. The Labute approximate surface area is 125 Å². The fraction of sp³-hybridized carbons (Fsp3) is 0.333. The SMILES string of the molecule is CC(C)(C)n1c(-c2c(F)cccc2F)nnc1S(=O)(=O)Cl. The lowest BCUT2D eigenvalue weighted by Crippen LogP contribution is -2.26. The molecule has 0 aliphatic rings. The van der Waals surface area contributed by atoms with Gasteiger partial charge in [-0.25, -0.2) is 17.2 Å². The van der Waals surface area contributed by atoms with Crippen LogP contribution in [0.1, 0.15) is 20.8 Å². The van der Waals surface area contributed by atoms with E-state index in [1.165, 1.54) is 6.07 Å². The fourth-order valence-electron chi connectivity index (χ4n) is 1.91. The van der Waals surface area contributed by atoms with Crippen molar-refractivity contribution in [3.05, 3.63) is 29.8 Å². The fourth-order valence-corrected chi connectivity index (χ4v) is 2.92. The van der Waals surface area contributed by atoms with Crippen LogP contribution in [-0.2, 0) is 14.6 Å². The Kier molecular flexibility index (Phi) is 3.79. The predicted molar refractivity (Wildman–Crippen MR) is 73.4 cm³/mol. The highest BCUT2D eigenvalue weighted by Crippen LogP contribution is 2.32. The molecule has 0 bridgehead atoms. The van der Waals surface area contributed by atoms with Gasteiger partial charge in [-0.1, -0.05) is 6.07 Å². The minimum Gasteiger partial charge on any atom is -0.291 e. The van der Waals surface area contributed by atoms with Crippen molar-refractivity contribution in [1.82, 2.24) is 14.8 Å². The van der Waals surface area contributed by atoms with Crippen LogP contribution in [0.3, 0.4) is 0 Å². The molecule has 21 heavy (non-hydrogen) atoms. The van der Waals surface area contributed by atoms with Crippen molar-refractivity contribution in [2.24, 2.45) is 0 Å². The second-order valence-electron chi connectivity index (χ2n) is 5.35. The smallest absolute Gasteiger partial charge is 0.291 e. The summed E-state index contributed by atoms with van der Waals surface area (Å²) in [5.41, 5.74) is -1.31. The molecule has 2 aromatic rings. The molecule has 5 nitrogen and oxygen atoms in total. The Morgan fingerprint density at radius 1 is 1.14 bits per heavy atom. The van der Waals surface area contributed by atoms with Crippen LogP contribution in [0, 0.1) is 11.6 Å². The number of hydrogen-bond donors (Lipinski definition) is 0. The summed E-state index contributed by atoms with van der Waals surface area (Å²) in [6.07, 6.45) is 0. The molecule has 0 aliphatic heterocycles. The lowest BCUT2D eigenvalue weighted by atomic mass is 10.1. The van der Waals surface area contributed by atoms with Gasteiger partial charge in [0.2, 0.25) is 0 Å². The van der Waals surface area contributed by atoms with E-state index >= 15 is 0 Å². The number of hydrogen-bond acceptors (Lipinski definition) is 4. The molecule has 0 spiro atoms. The molecule has 0 N–H and O–H groups in total. The van der Waals surface area contributed by atoms with Crippen molar-refractivity contribution in [1.29, 1.82) is 0 Å². The first kappa shape index (κ1) is 15.8. The quantitative estimate of drug-likeness (QED) is 0.791. The van der Waals surface area contributed by atoms with Gasteiger partial charge in [-0.3, -0.25) is 4.57 Å². The Morgan fingerprint density at radius 2 is 1.67 bits per heavy atom. The normalized spacial score (nSPS) is 12.7. The molecule has 0 amide bonds. The first-order chi connectivity index (χ1) is 9.53. The molecule has 0 saturated heterocycles. The Morgan fingerprint density at radius 3 is 2.10 bits per heavy atom. The van der Waals surface area contributed by atoms with E-state index in [9.17, 15) is 17.2 Å². The Balaban J connectivity index is 2.87. The van der Waals surface area contributed by atoms with E-state index in [2.05, 4.69) is 10.2 Å². The molecular weight excluding hydrogens is 324 g/mol. The van der Waals surface area contributed by atoms with Crippen LogP contribution in [0.4, 0.5) is 8.78 Å². The van der Waals surface area contributed by atoms with E-state index in [0.717, 1.165) is 16.7 Å². The Hall–Kier alpha value is -1.54. The number of nitrogens with zero attached hydrogens (tertiary/aromatic N) is 3. The highest BCUT2D eigenvalue weighted by atomic mass is 35.7. The molecule has 0 saturated carbocycles. The average molecular weight is 336 g/mol. The van der Waals surface area contributed by atoms with Gasteiger partial charge in [0.25, 0.3) is 14.2 Å². The second kappa shape index (κ2) is 5.03. The summed E-state index contributed by atoms with van der Waals surface area (Å²) in [4.78, 5) is 0. The maximum absolute atomic E-state index is 13.9. The van der Waals surface area contributed by atoms with Gasteiger partial charge in [-0.15, -0.1) is 10.2 Å². The van der Waals surface area contributed by atoms with E-state index in [0.29, 0.717) is 0 Å². The summed E-state index contributed by atoms with van der Waals surface area (Å²) >= 11 is 0. The lowest BCUT2D eigenvalue weighted by molar-refractivity contribution is 0.366. The summed E-state index contributed by atoms with van der Waals surface area (Å²) < 4.78 is 52.0. The van der Waals surface area contributed by atoms with Crippen LogP contribution >= 0.6 is 10.7 Å². The van der Waals surface area contributed by atoms with Crippen LogP contribution in [0.5, 0.6) is 0 Å². The van der Waals surface area contributed by atoms with Crippen molar-refractivity contribution in [2.75, 3.05) is 0 Å². The van der Waals surface area contributed by atoms with Gasteiger partial charge < -0.3 is 0 Å². The predicted octanol–water partition coefficient (Wildman–Crippen LogP) is 2.91. The molecule has 0 fully saturated rings. The first-order valence-corrected chi connectivity index (χ1v) is 8.19. The van der Waals surface area contributed by atoms with Gasteiger partial charge in [0.1, 0.15) is 11.6 Å². The van der Waals surface area contributed by atoms with Crippen LogP contribution in [0.2, 0.25) is 0 Å². The molecule has 1 heterocycles. The highest BCUT2D eigenvalue weighted by molar-refractivity contribution is 8.13. The third-order valence-corrected chi connectivity index (χ3v) is 3.82. The van der Waals surface area contributed by atoms with E-state index in [1.54, 1.807) is 20.8 Å². The van der Waals surface area contributed by atoms with Gasteiger partial charge in [-0.2, -0.15) is 0 Å². The molecule has 114 valence electrons. The molecular formula is C12H12ClF2N3O2S. The summed E-state index contributed by atoms with van der Waals surface area (Å²) in [6.45, 7) is 4.93. The van der Waals surface area contributed by atoms with E-state index in [-0.39, 0.29) is 5.82 Å². The molecule has 0 radical (unpaired) electrons. The number of rotatable bonds is 2. The Bertz CT molecular complexity index is 777. The van der Waals surface area contributed by atoms with Crippen molar-refractivity contribution in [3.63, 3.8) is 0 Å². The zero-order valence-corrected chi connectivity index (χ0v) is 13.0. The maximum atomic E-state index is 13.9. The van der Waals surface area contributed by atoms with Gasteiger partial charge in [0.05, 0.1) is 5.56 Å². The van der Waals surface area contributed by atoms with Gasteiger partial charge in [0, 0.05) is 16.2 Å². The van der Waals surface area contributed by atoms with E-state index in [1.807, 2.05) is 0 Å². The van der Waals surface area contributed by atoms with Crippen LogP contribution in [0.15, 0.2) is 23.4 Å². The van der Waals surface area contributed by atoms with Crippen molar-refractivity contribution in [3.8, 4) is 11.4 Å². The van der Waals surface area contributed by atoms with Crippen LogP contribution in [0.25, 0.3) is 11.4 Å². The average Bonchev–Trinajstić information content (AvgIpc) is 2.72. The van der Waals surface area contributed by atoms with Crippen LogP contribution < -0.4 is 0 Å². The zero-order chi connectivity index (χ0) is 16.0. The van der Waals surface area contributed by atoms with Gasteiger partial charge >= 0.3 is 0 Å². The van der Waals surface area contributed by atoms with Crippen molar-refractivity contribution >= 4 is 19.7 Å². The molecule has 1 aromatic carbocycles. The van der Waals surface area contributed by atoms with Crippen molar-refractivity contribution < 1.29 is 17.2 Å². The number of halogens is 3. The van der Waals surface area contributed by atoms with Crippen molar-refractivity contribution in [2.45, 2.75) is 31.5 Å².